The molecule has 1 atom stereocenters. The molecule has 6 nitrogen and oxygen atoms in total. The summed E-state index contributed by atoms with van der Waals surface area (Å²) in [6.07, 6.45) is 1.45. The second kappa shape index (κ2) is 10.6. The lowest BCUT2D eigenvalue weighted by molar-refractivity contribution is 0.569. The van der Waals surface area contributed by atoms with Crippen molar-refractivity contribution in [1.82, 2.24) is 15.6 Å². The molecule has 0 aliphatic carbocycles. The summed E-state index contributed by atoms with van der Waals surface area (Å²) in [5.74, 6) is 0.672. The van der Waals surface area contributed by atoms with Crippen LogP contribution in [-0.2, 0) is 16.3 Å². The van der Waals surface area contributed by atoms with Crippen molar-refractivity contribution >= 4 is 27.1 Å². The number of rotatable bonds is 9. The zero-order valence-corrected chi connectivity index (χ0v) is 18.7. The van der Waals surface area contributed by atoms with Crippen molar-refractivity contribution in [2.75, 3.05) is 18.8 Å². The second-order valence-electron chi connectivity index (χ2n) is 6.60. The molecular formula is C20H30N4O2S2. The largest absolute Gasteiger partial charge is 0.357 e. The molecule has 2 N–H and O–H groups in total. The SMILES string of the molecule is CCNC(=NCCc1nc(C)c(C)s1)NC(CC)CS(=O)(=O)c1ccccc1. The summed E-state index contributed by atoms with van der Waals surface area (Å²) in [5.41, 5.74) is 1.08. The molecule has 0 radical (unpaired) electrons. The van der Waals surface area contributed by atoms with E-state index in [1.165, 1.54) is 4.88 Å². The Labute approximate surface area is 172 Å². The molecule has 8 heteroatoms. The average molecular weight is 423 g/mol. The first-order valence-electron chi connectivity index (χ1n) is 9.61. The topological polar surface area (TPSA) is 83.4 Å². The highest BCUT2D eigenvalue weighted by atomic mass is 32.2. The predicted octanol–water partition coefficient (Wildman–Crippen LogP) is 3.11. The van der Waals surface area contributed by atoms with Gasteiger partial charge < -0.3 is 10.6 Å². The minimum Gasteiger partial charge on any atom is -0.357 e. The monoisotopic (exact) mass is 422 g/mol. The van der Waals surface area contributed by atoms with Crippen LogP contribution in [0, 0.1) is 13.8 Å². The quantitative estimate of drug-likeness (QED) is 0.479. The Hall–Kier alpha value is -1.93. The van der Waals surface area contributed by atoms with Crippen molar-refractivity contribution < 1.29 is 8.42 Å². The van der Waals surface area contributed by atoms with Gasteiger partial charge in [0.2, 0.25) is 0 Å². The number of benzene rings is 1. The third kappa shape index (κ3) is 6.60. The van der Waals surface area contributed by atoms with Crippen LogP contribution in [-0.4, -0.2) is 44.2 Å². The number of guanidine groups is 1. The molecule has 0 amide bonds. The fourth-order valence-corrected chi connectivity index (χ4v) is 5.21. The number of sulfone groups is 1. The van der Waals surface area contributed by atoms with Crippen LogP contribution in [0.5, 0.6) is 0 Å². The Kier molecular flexibility index (Phi) is 8.44. The first-order valence-corrected chi connectivity index (χ1v) is 12.1. The minimum absolute atomic E-state index is 0.0306. The molecule has 1 unspecified atom stereocenters. The van der Waals surface area contributed by atoms with Gasteiger partial charge in [-0.05, 0) is 39.3 Å². The number of hydrogen-bond acceptors (Lipinski definition) is 5. The summed E-state index contributed by atoms with van der Waals surface area (Å²) in [5, 5.41) is 7.56. The molecule has 0 bridgehead atoms. The van der Waals surface area contributed by atoms with Crippen LogP contribution in [0.3, 0.4) is 0 Å². The summed E-state index contributed by atoms with van der Waals surface area (Å²) < 4.78 is 25.3. The number of aromatic nitrogens is 1. The maximum absolute atomic E-state index is 12.7. The molecule has 1 aromatic heterocycles. The van der Waals surface area contributed by atoms with Crippen molar-refractivity contribution in [2.45, 2.75) is 51.5 Å². The number of hydrogen-bond donors (Lipinski definition) is 2. The average Bonchev–Trinajstić information content (AvgIpc) is 2.99. The van der Waals surface area contributed by atoms with Crippen LogP contribution in [0.25, 0.3) is 0 Å². The van der Waals surface area contributed by atoms with E-state index in [4.69, 9.17) is 0 Å². The van der Waals surface area contributed by atoms with Gasteiger partial charge in [-0.3, -0.25) is 4.99 Å². The van der Waals surface area contributed by atoms with Crippen molar-refractivity contribution in [3.8, 4) is 0 Å². The minimum atomic E-state index is -3.35. The summed E-state index contributed by atoms with van der Waals surface area (Å²) in [4.78, 5) is 10.7. The van der Waals surface area contributed by atoms with Gasteiger partial charge in [0.1, 0.15) is 0 Å². The van der Waals surface area contributed by atoms with Gasteiger partial charge in [-0.2, -0.15) is 0 Å². The normalized spacial score (nSPS) is 13.4. The van der Waals surface area contributed by atoms with E-state index in [0.29, 0.717) is 30.4 Å². The van der Waals surface area contributed by atoms with Crippen molar-refractivity contribution in [3.05, 3.63) is 45.9 Å². The van der Waals surface area contributed by atoms with E-state index in [0.717, 1.165) is 17.1 Å². The van der Waals surface area contributed by atoms with Crippen LogP contribution in [0.1, 0.15) is 35.8 Å². The van der Waals surface area contributed by atoms with Gasteiger partial charge >= 0.3 is 0 Å². The number of aryl methyl sites for hydroxylation is 2. The Morgan fingerprint density at radius 2 is 1.93 bits per heavy atom. The first-order chi connectivity index (χ1) is 13.4. The zero-order chi connectivity index (χ0) is 20.6. The first kappa shape index (κ1) is 22.4. The molecule has 0 aliphatic rings. The van der Waals surface area contributed by atoms with Gasteiger partial charge in [-0.15, -0.1) is 11.3 Å². The Morgan fingerprint density at radius 3 is 2.50 bits per heavy atom. The number of nitrogens with one attached hydrogen (secondary N) is 2. The lowest BCUT2D eigenvalue weighted by Crippen LogP contribution is -2.46. The molecule has 1 heterocycles. The molecule has 0 aliphatic heterocycles. The summed E-state index contributed by atoms with van der Waals surface area (Å²) in [7, 11) is -3.35. The Balaban J connectivity index is 2.01. The van der Waals surface area contributed by atoms with E-state index in [2.05, 4.69) is 27.5 Å². The zero-order valence-electron chi connectivity index (χ0n) is 17.0. The maximum atomic E-state index is 12.7. The van der Waals surface area contributed by atoms with Crippen LogP contribution in [0.2, 0.25) is 0 Å². The van der Waals surface area contributed by atoms with E-state index in [1.807, 2.05) is 26.8 Å². The molecule has 2 rings (SSSR count). The van der Waals surface area contributed by atoms with Crippen LogP contribution < -0.4 is 10.6 Å². The Morgan fingerprint density at radius 1 is 1.21 bits per heavy atom. The fourth-order valence-electron chi connectivity index (χ4n) is 2.67. The number of aliphatic imine (C=N–C) groups is 1. The third-order valence-electron chi connectivity index (χ3n) is 4.37. The van der Waals surface area contributed by atoms with Crippen LogP contribution >= 0.6 is 11.3 Å². The number of thiazole rings is 1. The summed E-state index contributed by atoms with van der Waals surface area (Å²) in [6, 6.07) is 8.37. The predicted molar refractivity (Wildman–Crippen MR) is 117 cm³/mol. The smallest absolute Gasteiger partial charge is 0.191 e. The summed E-state index contributed by atoms with van der Waals surface area (Å²) >= 11 is 1.70. The lowest BCUT2D eigenvalue weighted by Gasteiger charge is -2.20. The highest BCUT2D eigenvalue weighted by Crippen LogP contribution is 2.16. The lowest BCUT2D eigenvalue weighted by atomic mass is 10.3. The molecule has 2 aromatic rings. The van der Waals surface area contributed by atoms with Gasteiger partial charge in [0.15, 0.2) is 15.8 Å². The molecule has 28 heavy (non-hydrogen) atoms. The van der Waals surface area contributed by atoms with Gasteiger partial charge in [0, 0.05) is 30.4 Å². The van der Waals surface area contributed by atoms with Gasteiger partial charge in [-0.25, -0.2) is 13.4 Å². The molecular weight excluding hydrogens is 392 g/mol. The van der Waals surface area contributed by atoms with E-state index >= 15 is 0 Å². The van der Waals surface area contributed by atoms with Crippen LogP contribution in [0.4, 0.5) is 0 Å². The fraction of sp³-hybridized carbons (Fsp3) is 0.500. The van der Waals surface area contributed by atoms with Gasteiger partial charge in [0.05, 0.1) is 21.3 Å². The molecule has 0 fully saturated rings. The maximum Gasteiger partial charge on any atom is 0.191 e. The van der Waals surface area contributed by atoms with Gasteiger partial charge in [0.25, 0.3) is 0 Å². The van der Waals surface area contributed by atoms with Crippen molar-refractivity contribution in [1.29, 1.82) is 0 Å². The molecule has 0 saturated carbocycles. The molecule has 154 valence electrons. The van der Waals surface area contributed by atoms with Gasteiger partial charge in [-0.1, -0.05) is 25.1 Å². The standard InChI is InChI=1S/C20H30N4O2S2/c1-5-17(14-28(25,26)18-10-8-7-9-11-18)24-20(21-6-2)22-13-12-19-23-15(3)16(4)27-19/h7-11,17H,5-6,12-14H2,1-4H3,(H2,21,22,24). The summed E-state index contributed by atoms with van der Waals surface area (Å²) in [6.45, 7) is 9.37. The third-order valence-corrected chi connectivity index (χ3v) is 7.33. The molecule has 0 saturated heterocycles. The van der Waals surface area contributed by atoms with Crippen molar-refractivity contribution in [2.24, 2.45) is 4.99 Å². The number of nitrogens with zero attached hydrogens (tertiary/aromatic N) is 2. The van der Waals surface area contributed by atoms with Crippen molar-refractivity contribution in [3.63, 3.8) is 0 Å². The van der Waals surface area contributed by atoms with E-state index in [9.17, 15) is 8.42 Å². The van der Waals surface area contributed by atoms with Crippen LogP contribution in [0.15, 0.2) is 40.2 Å². The second-order valence-corrected chi connectivity index (χ2v) is 9.93. The van der Waals surface area contributed by atoms with E-state index < -0.39 is 9.84 Å². The van der Waals surface area contributed by atoms with E-state index in [1.54, 1.807) is 35.6 Å². The molecule has 0 spiro atoms. The Bertz CT molecular complexity index is 857. The highest BCUT2D eigenvalue weighted by Gasteiger charge is 2.21. The van der Waals surface area contributed by atoms with E-state index in [-0.39, 0.29) is 11.8 Å². The highest BCUT2D eigenvalue weighted by molar-refractivity contribution is 7.91. The molecule has 1 aromatic carbocycles.